The molecule has 2 nitrogen and oxygen atoms in total. The van der Waals surface area contributed by atoms with Gasteiger partial charge in [-0.15, -0.1) is 0 Å². The molecule has 0 bridgehead atoms. The van der Waals surface area contributed by atoms with E-state index < -0.39 is 0 Å². The van der Waals surface area contributed by atoms with Gasteiger partial charge in [-0.25, -0.2) is 0 Å². The van der Waals surface area contributed by atoms with Gasteiger partial charge in [-0.1, -0.05) is 35.3 Å². The van der Waals surface area contributed by atoms with Crippen molar-refractivity contribution >= 4 is 15.9 Å². The molecular weight excluding hydrogens is 264 g/mol. The quantitative estimate of drug-likeness (QED) is 0.537. The molecule has 1 heterocycles. The van der Waals surface area contributed by atoms with Gasteiger partial charge in [0, 0.05) is 18.1 Å². The Balaban J connectivity index is 2.26. The highest BCUT2D eigenvalue weighted by molar-refractivity contribution is 9.09. The van der Waals surface area contributed by atoms with Crippen molar-refractivity contribution < 1.29 is 0 Å². The first-order chi connectivity index (χ1) is 7.86. The molecule has 0 fully saturated rings. The number of alkyl halides is 1. The van der Waals surface area contributed by atoms with Crippen LogP contribution in [0, 0.1) is 0 Å². The standard InChI is InChI=1S/C13H21BrN2/c1-2-16(11-7-3-5-9-14)12-13-8-4-6-10-15-13/h4,6,8,10H,2-3,5,7,9,11-12H2,1H3. The molecule has 0 spiro atoms. The highest BCUT2D eigenvalue weighted by Crippen LogP contribution is 2.05. The van der Waals surface area contributed by atoms with Crippen molar-refractivity contribution in [2.75, 3.05) is 18.4 Å². The summed E-state index contributed by atoms with van der Waals surface area (Å²) in [5, 5.41) is 1.12. The minimum atomic E-state index is 0.978. The first kappa shape index (κ1) is 13.7. The molecule has 0 amide bonds. The molecule has 1 aromatic rings. The van der Waals surface area contributed by atoms with E-state index in [2.05, 4.69) is 44.9 Å². The molecule has 0 saturated heterocycles. The molecule has 0 saturated carbocycles. The van der Waals surface area contributed by atoms with Crippen LogP contribution >= 0.6 is 15.9 Å². The third-order valence-corrected chi connectivity index (χ3v) is 3.23. The molecule has 90 valence electrons. The van der Waals surface area contributed by atoms with E-state index >= 15 is 0 Å². The first-order valence-corrected chi connectivity index (χ1v) is 7.17. The second kappa shape index (κ2) is 8.71. The lowest BCUT2D eigenvalue weighted by Gasteiger charge is -2.19. The number of unbranched alkanes of at least 4 members (excludes halogenated alkanes) is 2. The zero-order chi connectivity index (χ0) is 11.6. The summed E-state index contributed by atoms with van der Waals surface area (Å²) in [6.07, 6.45) is 5.74. The van der Waals surface area contributed by atoms with E-state index in [1.807, 2.05) is 12.3 Å². The number of nitrogens with zero attached hydrogens (tertiary/aromatic N) is 2. The fraction of sp³-hybridized carbons (Fsp3) is 0.615. The van der Waals surface area contributed by atoms with E-state index in [4.69, 9.17) is 0 Å². The van der Waals surface area contributed by atoms with Crippen LogP contribution < -0.4 is 0 Å². The van der Waals surface area contributed by atoms with E-state index in [0.717, 1.165) is 18.4 Å². The monoisotopic (exact) mass is 284 g/mol. The van der Waals surface area contributed by atoms with Crippen LogP contribution in [0.5, 0.6) is 0 Å². The summed E-state index contributed by atoms with van der Waals surface area (Å²) in [7, 11) is 0. The normalized spacial score (nSPS) is 10.9. The number of hydrogen-bond acceptors (Lipinski definition) is 2. The van der Waals surface area contributed by atoms with Crippen LogP contribution in [0.1, 0.15) is 31.9 Å². The Morgan fingerprint density at radius 3 is 2.75 bits per heavy atom. The van der Waals surface area contributed by atoms with Crippen LogP contribution in [0.3, 0.4) is 0 Å². The predicted octanol–water partition coefficient (Wildman–Crippen LogP) is 3.47. The van der Waals surface area contributed by atoms with Crippen molar-refractivity contribution in [2.24, 2.45) is 0 Å². The SMILES string of the molecule is CCN(CCCCCBr)Cc1ccccn1. The fourth-order valence-corrected chi connectivity index (χ4v) is 2.07. The molecule has 0 aliphatic heterocycles. The van der Waals surface area contributed by atoms with Gasteiger partial charge in [0.1, 0.15) is 0 Å². The number of halogens is 1. The molecule has 0 radical (unpaired) electrons. The predicted molar refractivity (Wildman–Crippen MR) is 72.8 cm³/mol. The lowest BCUT2D eigenvalue weighted by Crippen LogP contribution is -2.24. The van der Waals surface area contributed by atoms with E-state index in [1.54, 1.807) is 0 Å². The molecule has 3 heteroatoms. The molecule has 1 aromatic heterocycles. The average Bonchev–Trinajstić information content (AvgIpc) is 2.34. The smallest absolute Gasteiger partial charge is 0.0543 e. The van der Waals surface area contributed by atoms with E-state index in [0.29, 0.717) is 0 Å². The van der Waals surface area contributed by atoms with Crippen LogP contribution in [0.4, 0.5) is 0 Å². The van der Waals surface area contributed by atoms with Crippen molar-refractivity contribution in [3.63, 3.8) is 0 Å². The van der Waals surface area contributed by atoms with E-state index in [1.165, 1.54) is 31.5 Å². The highest BCUT2D eigenvalue weighted by atomic mass is 79.9. The summed E-state index contributed by atoms with van der Waals surface area (Å²) in [5.41, 5.74) is 1.17. The zero-order valence-electron chi connectivity index (χ0n) is 10.0. The third-order valence-electron chi connectivity index (χ3n) is 2.67. The highest BCUT2D eigenvalue weighted by Gasteiger charge is 2.03. The molecule has 0 unspecified atom stereocenters. The van der Waals surface area contributed by atoms with Gasteiger partial charge in [0.25, 0.3) is 0 Å². The van der Waals surface area contributed by atoms with Crippen LogP contribution in [0.25, 0.3) is 0 Å². The Bertz CT molecular complexity index is 264. The molecular formula is C13H21BrN2. The second-order valence-electron chi connectivity index (χ2n) is 3.94. The third kappa shape index (κ3) is 5.61. The largest absolute Gasteiger partial charge is 0.298 e. The van der Waals surface area contributed by atoms with Gasteiger partial charge in [-0.05, 0) is 38.1 Å². The summed E-state index contributed by atoms with van der Waals surface area (Å²) in [5.74, 6) is 0. The molecule has 0 aromatic carbocycles. The van der Waals surface area contributed by atoms with Crippen LogP contribution in [0.15, 0.2) is 24.4 Å². The summed E-state index contributed by atoms with van der Waals surface area (Å²) in [6.45, 7) is 5.48. The van der Waals surface area contributed by atoms with Gasteiger partial charge >= 0.3 is 0 Å². The number of hydrogen-bond donors (Lipinski definition) is 0. The zero-order valence-corrected chi connectivity index (χ0v) is 11.6. The van der Waals surface area contributed by atoms with Gasteiger partial charge in [-0.3, -0.25) is 9.88 Å². The summed E-state index contributed by atoms with van der Waals surface area (Å²) in [6, 6.07) is 6.12. The van der Waals surface area contributed by atoms with Crippen molar-refractivity contribution in [1.29, 1.82) is 0 Å². The topological polar surface area (TPSA) is 16.1 Å². The van der Waals surface area contributed by atoms with Crippen LogP contribution in [-0.4, -0.2) is 28.3 Å². The molecule has 0 N–H and O–H groups in total. The molecule has 0 atom stereocenters. The Morgan fingerprint density at radius 2 is 2.12 bits per heavy atom. The molecule has 1 rings (SSSR count). The van der Waals surface area contributed by atoms with Crippen LogP contribution in [0.2, 0.25) is 0 Å². The van der Waals surface area contributed by atoms with Gasteiger partial charge in [0.2, 0.25) is 0 Å². The Labute approximate surface area is 107 Å². The van der Waals surface area contributed by atoms with E-state index in [-0.39, 0.29) is 0 Å². The summed E-state index contributed by atoms with van der Waals surface area (Å²) >= 11 is 3.46. The molecule has 0 aliphatic carbocycles. The van der Waals surface area contributed by atoms with Gasteiger partial charge < -0.3 is 0 Å². The van der Waals surface area contributed by atoms with E-state index in [9.17, 15) is 0 Å². The number of aromatic nitrogens is 1. The number of pyridine rings is 1. The Morgan fingerprint density at radius 1 is 1.25 bits per heavy atom. The minimum Gasteiger partial charge on any atom is -0.298 e. The first-order valence-electron chi connectivity index (χ1n) is 6.05. The average molecular weight is 285 g/mol. The minimum absolute atomic E-state index is 0.978. The molecule has 16 heavy (non-hydrogen) atoms. The number of rotatable bonds is 8. The van der Waals surface area contributed by atoms with Gasteiger partial charge in [0.05, 0.1) is 5.69 Å². The lowest BCUT2D eigenvalue weighted by molar-refractivity contribution is 0.270. The Kier molecular flexibility index (Phi) is 7.43. The Hall–Kier alpha value is -0.410. The fourth-order valence-electron chi connectivity index (χ4n) is 1.68. The van der Waals surface area contributed by atoms with Gasteiger partial charge in [-0.2, -0.15) is 0 Å². The molecule has 0 aliphatic rings. The lowest BCUT2D eigenvalue weighted by atomic mass is 10.2. The van der Waals surface area contributed by atoms with Gasteiger partial charge in [0.15, 0.2) is 0 Å². The van der Waals surface area contributed by atoms with Crippen LogP contribution in [-0.2, 0) is 6.54 Å². The van der Waals surface area contributed by atoms with Crippen molar-refractivity contribution in [2.45, 2.75) is 32.7 Å². The maximum absolute atomic E-state index is 4.36. The van der Waals surface area contributed by atoms with Crippen molar-refractivity contribution in [3.8, 4) is 0 Å². The maximum atomic E-state index is 4.36. The van der Waals surface area contributed by atoms with Crippen molar-refractivity contribution in [3.05, 3.63) is 30.1 Å². The second-order valence-corrected chi connectivity index (χ2v) is 4.73. The summed E-state index contributed by atoms with van der Waals surface area (Å²) < 4.78 is 0. The maximum Gasteiger partial charge on any atom is 0.0543 e. The van der Waals surface area contributed by atoms with Crippen molar-refractivity contribution in [1.82, 2.24) is 9.88 Å². The summed E-state index contributed by atoms with van der Waals surface area (Å²) in [4.78, 5) is 6.82.